The van der Waals surface area contributed by atoms with Crippen LogP contribution in [0.5, 0.6) is 11.5 Å². The lowest BCUT2D eigenvalue weighted by Crippen LogP contribution is -2.47. The second-order valence-corrected chi connectivity index (χ2v) is 8.29. The van der Waals surface area contributed by atoms with E-state index in [1.54, 1.807) is 0 Å². The van der Waals surface area contributed by atoms with Crippen molar-refractivity contribution in [2.75, 3.05) is 65.6 Å². The Morgan fingerprint density at radius 1 is 0.647 bits per heavy atom. The predicted molar refractivity (Wildman–Crippen MR) is 132 cm³/mol. The molecule has 0 spiro atoms. The second-order valence-electron chi connectivity index (χ2n) is 8.29. The van der Waals surface area contributed by atoms with Gasteiger partial charge in [-0.05, 0) is 50.2 Å². The average Bonchev–Trinajstić information content (AvgIpc) is 2.88. The van der Waals surface area contributed by atoms with Crippen LogP contribution in [0.2, 0.25) is 0 Å². The van der Waals surface area contributed by atoms with E-state index in [2.05, 4.69) is 20.4 Å². The fraction of sp³-hybridized carbons (Fsp3) is 0.462. The first-order valence-corrected chi connectivity index (χ1v) is 12.0. The number of carbonyl (C=O) groups excluding carboxylic acids is 2. The first-order chi connectivity index (χ1) is 16.7. The smallest absolute Gasteiger partial charge is 0.257 e. The van der Waals surface area contributed by atoms with Crippen LogP contribution in [-0.2, 0) is 9.59 Å². The van der Waals surface area contributed by atoms with Gasteiger partial charge in [0.25, 0.3) is 11.8 Å². The minimum Gasteiger partial charge on any atom is -0.484 e. The van der Waals surface area contributed by atoms with Crippen LogP contribution < -0.4 is 20.1 Å². The van der Waals surface area contributed by atoms with Gasteiger partial charge in [-0.25, -0.2) is 0 Å². The van der Waals surface area contributed by atoms with Crippen molar-refractivity contribution in [3.8, 4) is 11.5 Å². The molecule has 1 aliphatic heterocycles. The van der Waals surface area contributed by atoms with Gasteiger partial charge in [0.15, 0.2) is 13.2 Å². The number of nitrogens with zero attached hydrogens (tertiary/aromatic N) is 2. The molecule has 1 aliphatic rings. The highest BCUT2D eigenvalue weighted by Gasteiger charge is 2.16. The van der Waals surface area contributed by atoms with Crippen molar-refractivity contribution < 1.29 is 19.1 Å². The van der Waals surface area contributed by atoms with Gasteiger partial charge in [-0.15, -0.1) is 0 Å². The van der Waals surface area contributed by atoms with E-state index in [0.29, 0.717) is 24.6 Å². The summed E-state index contributed by atoms with van der Waals surface area (Å²) in [5.41, 5.74) is 0. The summed E-state index contributed by atoms with van der Waals surface area (Å²) >= 11 is 0. The molecule has 0 radical (unpaired) electrons. The van der Waals surface area contributed by atoms with Crippen molar-refractivity contribution in [1.82, 2.24) is 20.4 Å². The Hall–Kier alpha value is -3.10. The van der Waals surface area contributed by atoms with Crippen LogP contribution in [0.25, 0.3) is 0 Å². The van der Waals surface area contributed by atoms with Crippen molar-refractivity contribution >= 4 is 11.8 Å². The number of piperazine rings is 1. The predicted octanol–water partition coefficient (Wildman–Crippen LogP) is 1.77. The molecule has 0 aromatic heterocycles. The number of benzene rings is 2. The van der Waals surface area contributed by atoms with Crippen LogP contribution in [0.15, 0.2) is 60.7 Å². The highest BCUT2D eigenvalue weighted by molar-refractivity contribution is 5.77. The quantitative estimate of drug-likeness (QED) is 0.411. The van der Waals surface area contributed by atoms with Crippen LogP contribution in [0.4, 0.5) is 0 Å². The number of para-hydroxylation sites is 2. The Bertz CT molecular complexity index is 771. The summed E-state index contributed by atoms with van der Waals surface area (Å²) in [7, 11) is 0. The third-order valence-electron chi connectivity index (χ3n) is 5.64. The van der Waals surface area contributed by atoms with E-state index in [9.17, 15) is 9.59 Å². The van der Waals surface area contributed by atoms with Gasteiger partial charge in [0, 0.05) is 39.3 Å². The van der Waals surface area contributed by atoms with Gasteiger partial charge < -0.3 is 29.9 Å². The van der Waals surface area contributed by atoms with Gasteiger partial charge in [-0.1, -0.05) is 36.4 Å². The largest absolute Gasteiger partial charge is 0.484 e. The molecule has 0 atom stereocenters. The second kappa shape index (κ2) is 14.9. The molecule has 0 aliphatic carbocycles. The summed E-state index contributed by atoms with van der Waals surface area (Å²) in [6.07, 6.45) is 1.85. The number of hydrogen-bond acceptors (Lipinski definition) is 6. The van der Waals surface area contributed by atoms with Gasteiger partial charge >= 0.3 is 0 Å². The maximum absolute atomic E-state index is 11.9. The highest BCUT2D eigenvalue weighted by atomic mass is 16.5. The monoisotopic (exact) mass is 468 g/mol. The average molecular weight is 469 g/mol. The number of rotatable bonds is 14. The zero-order chi connectivity index (χ0) is 23.8. The number of nitrogens with one attached hydrogen (secondary N) is 2. The lowest BCUT2D eigenvalue weighted by Gasteiger charge is -2.34. The summed E-state index contributed by atoms with van der Waals surface area (Å²) in [4.78, 5) is 28.7. The molecule has 8 heteroatoms. The van der Waals surface area contributed by atoms with E-state index in [1.165, 1.54) is 0 Å². The van der Waals surface area contributed by atoms with E-state index >= 15 is 0 Å². The maximum Gasteiger partial charge on any atom is 0.257 e. The van der Waals surface area contributed by atoms with E-state index in [1.807, 2.05) is 60.7 Å². The third kappa shape index (κ3) is 10.2. The number of ether oxygens (including phenoxy) is 2. The standard InChI is InChI=1S/C26H36N4O4/c31-25(21-33-23-9-3-1-4-10-23)27-13-7-15-29-17-19-30(20-18-29)16-8-14-28-26(32)22-34-24-11-5-2-6-12-24/h1-6,9-12H,7-8,13-22H2,(H,27,31)(H,28,32). The number of hydrogen-bond donors (Lipinski definition) is 2. The van der Waals surface area contributed by atoms with Crippen LogP contribution >= 0.6 is 0 Å². The molecular formula is C26H36N4O4. The SMILES string of the molecule is O=C(COc1ccccc1)NCCCN1CCN(CCCNC(=O)COc2ccccc2)CC1. The van der Waals surface area contributed by atoms with Crippen molar-refractivity contribution in [2.24, 2.45) is 0 Å². The van der Waals surface area contributed by atoms with Crippen LogP contribution in [0.1, 0.15) is 12.8 Å². The van der Waals surface area contributed by atoms with Gasteiger partial charge in [0.05, 0.1) is 0 Å². The molecule has 2 aromatic carbocycles. The van der Waals surface area contributed by atoms with Crippen LogP contribution in [0.3, 0.4) is 0 Å². The van der Waals surface area contributed by atoms with Crippen molar-refractivity contribution in [1.29, 1.82) is 0 Å². The summed E-state index contributed by atoms with van der Waals surface area (Å²) in [6.45, 7) is 7.48. The fourth-order valence-corrected chi connectivity index (χ4v) is 3.73. The van der Waals surface area contributed by atoms with Crippen molar-refractivity contribution in [3.63, 3.8) is 0 Å². The molecule has 34 heavy (non-hydrogen) atoms. The lowest BCUT2D eigenvalue weighted by molar-refractivity contribution is -0.123. The molecule has 1 heterocycles. The van der Waals surface area contributed by atoms with Crippen LogP contribution in [-0.4, -0.2) is 87.2 Å². The van der Waals surface area contributed by atoms with Gasteiger partial charge in [0.2, 0.25) is 0 Å². The van der Waals surface area contributed by atoms with E-state index in [0.717, 1.165) is 52.1 Å². The Morgan fingerprint density at radius 3 is 1.41 bits per heavy atom. The zero-order valence-electron chi connectivity index (χ0n) is 19.8. The highest BCUT2D eigenvalue weighted by Crippen LogP contribution is 2.08. The molecule has 3 rings (SSSR count). The van der Waals surface area contributed by atoms with Crippen LogP contribution in [0, 0.1) is 0 Å². The molecule has 0 unspecified atom stereocenters. The molecule has 2 amide bonds. The van der Waals surface area contributed by atoms with E-state index < -0.39 is 0 Å². The zero-order valence-corrected chi connectivity index (χ0v) is 19.8. The molecule has 0 saturated carbocycles. The molecule has 184 valence electrons. The molecule has 1 fully saturated rings. The molecule has 2 N–H and O–H groups in total. The summed E-state index contributed by atoms with van der Waals surface area (Å²) in [5.74, 6) is 1.23. The van der Waals surface area contributed by atoms with Gasteiger partial charge in [-0.2, -0.15) is 0 Å². The minimum absolute atomic E-state index is 0.0448. The fourth-order valence-electron chi connectivity index (χ4n) is 3.73. The van der Waals surface area contributed by atoms with Crippen molar-refractivity contribution in [3.05, 3.63) is 60.7 Å². The number of amides is 2. The molecule has 0 bridgehead atoms. The molecule has 1 saturated heterocycles. The Labute approximate surface area is 202 Å². The molecule has 8 nitrogen and oxygen atoms in total. The van der Waals surface area contributed by atoms with Gasteiger partial charge in [-0.3, -0.25) is 9.59 Å². The van der Waals surface area contributed by atoms with E-state index in [4.69, 9.17) is 9.47 Å². The van der Waals surface area contributed by atoms with E-state index in [-0.39, 0.29) is 25.0 Å². The van der Waals surface area contributed by atoms with Crippen molar-refractivity contribution in [2.45, 2.75) is 12.8 Å². The minimum atomic E-state index is -0.0904. The Morgan fingerprint density at radius 2 is 1.03 bits per heavy atom. The summed E-state index contributed by atoms with van der Waals surface area (Å²) < 4.78 is 10.9. The lowest BCUT2D eigenvalue weighted by atomic mass is 10.2. The Balaban J connectivity index is 1.14. The number of carbonyl (C=O) groups is 2. The molecular weight excluding hydrogens is 432 g/mol. The maximum atomic E-state index is 11.9. The summed E-state index contributed by atoms with van der Waals surface area (Å²) in [5, 5.41) is 5.84. The topological polar surface area (TPSA) is 83.1 Å². The molecule has 2 aromatic rings. The third-order valence-corrected chi connectivity index (χ3v) is 5.64. The van der Waals surface area contributed by atoms with Gasteiger partial charge in [0.1, 0.15) is 11.5 Å². The Kier molecular flexibility index (Phi) is 11.2. The first kappa shape index (κ1) is 25.5. The summed E-state index contributed by atoms with van der Waals surface area (Å²) in [6, 6.07) is 18.7. The first-order valence-electron chi connectivity index (χ1n) is 12.0. The normalized spacial score (nSPS) is 14.4.